The summed E-state index contributed by atoms with van der Waals surface area (Å²) in [5.74, 6) is -2.66. The number of rotatable bonds is 8. The number of carbonyl (C=O) groups is 3. The molecule has 0 spiro atoms. The average molecular weight is 545 g/mol. The van der Waals surface area contributed by atoms with E-state index in [1.165, 1.54) is 0 Å². The first kappa shape index (κ1) is 28.4. The smallest absolute Gasteiger partial charge is 0.445 e. The lowest BCUT2D eigenvalue weighted by molar-refractivity contribution is 0.152. The minimum Gasteiger partial charge on any atom is -0.445 e. The first-order chi connectivity index (χ1) is 16.8. The van der Waals surface area contributed by atoms with E-state index < -0.39 is 52.9 Å². The van der Waals surface area contributed by atoms with Crippen LogP contribution in [0.1, 0.15) is 13.8 Å². The van der Waals surface area contributed by atoms with Gasteiger partial charge in [0.25, 0.3) is 0 Å². The first-order valence-corrected chi connectivity index (χ1v) is 10.6. The molecule has 0 aliphatic heterocycles. The van der Waals surface area contributed by atoms with Crippen LogP contribution in [0.2, 0.25) is 10.0 Å². The van der Waals surface area contributed by atoms with Crippen molar-refractivity contribution in [3.05, 3.63) is 70.2 Å². The Balaban J connectivity index is 2.14. The second-order valence-corrected chi connectivity index (χ2v) is 8.11. The maximum absolute atomic E-state index is 14.2. The number of nitrogens with one attached hydrogen (secondary N) is 2. The van der Waals surface area contributed by atoms with Gasteiger partial charge < -0.3 is 18.9 Å². The molecule has 0 aliphatic rings. The molecule has 36 heavy (non-hydrogen) atoms. The number of benzene rings is 2. The van der Waals surface area contributed by atoms with Crippen molar-refractivity contribution in [2.24, 2.45) is 0 Å². The van der Waals surface area contributed by atoms with Gasteiger partial charge in [0.15, 0.2) is 11.5 Å². The van der Waals surface area contributed by atoms with Gasteiger partial charge in [0.2, 0.25) is 0 Å². The SMILES string of the molecule is C=C(C)COC(=O)Nc1cc(OC(=O)Oc2cc(NC(=O)OCC(=C)C)c(F)cc2Cl)c(Cl)cc1F. The molecule has 0 heterocycles. The van der Waals surface area contributed by atoms with Gasteiger partial charge in [0.1, 0.15) is 24.8 Å². The van der Waals surface area contributed by atoms with Crippen LogP contribution in [0.15, 0.2) is 48.6 Å². The lowest BCUT2D eigenvalue weighted by Crippen LogP contribution is -2.18. The zero-order chi connectivity index (χ0) is 27.0. The van der Waals surface area contributed by atoms with Crippen molar-refractivity contribution in [1.82, 2.24) is 0 Å². The van der Waals surface area contributed by atoms with Crippen LogP contribution >= 0.6 is 23.2 Å². The molecule has 0 aromatic heterocycles. The highest BCUT2D eigenvalue weighted by atomic mass is 35.5. The van der Waals surface area contributed by atoms with Crippen molar-refractivity contribution in [2.45, 2.75) is 13.8 Å². The fourth-order valence-corrected chi connectivity index (χ4v) is 2.65. The van der Waals surface area contributed by atoms with Gasteiger partial charge in [-0.1, -0.05) is 36.4 Å². The summed E-state index contributed by atoms with van der Waals surface area (Å²) in [6.07, 6.45) is -3.39. The summed E-state index contributed by atoms with van der Waals surface area (Å²) in [5, 5.41) is 3.58. The van der Waals surface area contributed by atoms with Crippen LogP contribution < -0.4 is 20.1 Å². The number of anilines is 2. The molecule has 0 saturated heterocycles. The number of hydrogen-bond acceptors (Lipinski definition) is 7. The van der Waals surface area contributed by atoms with Crippen LogP contribution in [-0.2, 0) is 9.47 Å². The van der Waals surface area contributed by atoms with Crippen LogP contribution in [0.25, 0.3) is 0 Å². The summed E-state index contributed by atoms with van der Waals surface area (Å²) in [5.41, 5.74) is 0.284. The van der Waals surface area contributed by atoms with Gasteiger partial charge in [0, 0.05) is 12.1 Å². The summed E-state index contributed by atoms with van der Waals surface area (Å²) in [6.45, 7) is 10.2. The van der Waals surface area contributed by atoms with E-state index in [9.17, 15) is 23.2 Å². The van der Waals surface area contributed by atoms with Crippen molar-refractivity contribution < 1.29 is 42.1 Å². The number of ether oxygens (including phenoxy) is 4. The standard InChI is InChI=1S/C23H20Cl2F2N2O7/c1-11(2)9-33-21(30)28-17-7-19(13(24)5-15(17)26)35-23(32)36-20-8-18(16(27)6-14(20)25)29-22(31)34-10-12(3)4/h5-8H,1,3,9-10H2,2,4H3,(H,28,30)(H,29,31). The number of carbonyl (C=O) groups excluding carboxylic acids is 3. The van der Waals surface area contributed by atoms with Crippen molar-refractivity contribution in [3.63, 3.8) is 0 Å². The molecule has 0 aliphatic carbocycles. The Bertz CT molecular complexity index is 1130. The highest BCUT2D eigenvalue weighted by Crippen LogP contribution is 2.33. The predicted molar refractivity (Wildman–Crippen MR) is 129 cm³/mol. The van der Waals surface area contributed by atoms with Crippen LogP contribution in [0.5, 0.6) is 11.5 Å². The molecule has 9 nitrogen and oxygen atoms in total. The van der Waals surface area contributed by atoms with Gasteiger partial charge >= 0.3 is 18.3 Å². The number of halogens is 4. The normalized spacial score (nSPS) is 10.2. The van der Waals surface area contributed by atoms with E-state index in [4.69, 9.17) is 42.1 Å². The second-order valence-electron chi connectivity index (χ2n) is 7.30. The first-order valence-electron chi connectivity index (χ1n) is 9.89. The molecule has 0 bridgehead atoms. The molecular weight excluding hydrogens is 525 g/mol. The van der Waals surface area contributed by atoms with Crippen molar-refractivity contribution in [1.29, 1.82) is 0 Å². The molecule has 0 atom stereocenters. The predicted octanol–water partition coefficient (Wildman–Crippen LogP) is 7.10. The molecule has 2 aromatic rings. The topological polar surface area (TPSA) is 112 Å². The summed E-state index contributed by atoms with van der Waals surface area (Å²) >= 11 is 11.8. The number of hydrogen-bond donors (Lipinski definition) is 2. The average Bonchev–Trinajstić information content (AvgIpc) is 2.77. The van der Waals surface area contributed by atoms with Gasteiger partial charge in [-0.2, -0.15) is 0 Å². The third kappa shape index (κ3) is 8.75. The van der Waals surface area contributed by atoms with Gasteiger partial charge in [-0.3, -0.25) is 10.6 Å². The van der Waals surface area contributed by atoms with Gasteiger partial charge in [0.05, 0.1) is 21.4 Å². The van der Waals surface area contributed by atoms with E-state index in [2.05, 4.69) is 23.8 Å². The molecule has 192 valence electrons. The van der Waals surface area contributed by atoms with Gasteiger partial charge in [-0.25, -0.2) is 23.2 Å². The van der Waals surface area contributed by atoms with Crippen molar-refractivity contribution in [2.75, 3.05) is 23.8 Å². The van der Waals surface area contributed by atoms with E-state index >= 15 is 0 Å². The summed E-state index contributed by atoms with van der Waals surface area (Å²) in [4.78, 5) is 35.8. The molecule has 2 rings (SSSR count). The van der Waals surface area contributed by atoms with Crippen molar-refractivity contribution in [3.8, 4) is 11.5 Å². The Morgan fingerprint density at radius 3 is 1.47 bits per heavy atom. The maximum Gasteiger partial charge on any atom is 0.519 e. The molecule has 2 aromatic carbocycles. The maximum atomic E-state index is 14.2. The van der Waals surface area contributed by atoms with E-state index in [1.54, 1.807) is 13.8 Å². The summed E-state index contributed by atoms with van der Waals surface area (Å²) < 4.78 is 47.9. The minimum atomic E-state index is -1.40. The van der Waals surface area contributed by atoms with E-state index in [0.29, 0.717) is 11.1 Å². The molecule has 0 fully saturated rings. The molecule has 2 N–H and O–H groups in total. The molecule has 2 amide bonds. The summed E-state index contributed by atoms with van der Waals surface area (Å²) in [7, 11) is 0. The Morgan fingerprint density at radius 1 is 0.778 bits per heavy atom. The minimum absolute atomic E-state index is 0.0996. The largest absolute Gasteiger partial charge is 0.519 e. The third-order valence-corrected chi connectivity index (χ3v) is 4.39. The zero-order valence-electron chi connectivity index (χ0n) is 19.0. The lowest BCUT2D eigenvalue weighted by atomic mass is 10.3. The van der Waals surface area contributed by atoms with Crippen LogP contribution in [-0.4, -0.2) is 31.6 Å². The zero-order valence-corrected chi connectivity index (χ0v) is 20.5. The molecule has 0 saturated carbocycles. The monoisotopic (exact) mass is 544 g/mol. The molecule has 0 unspecified atom stereocenters. The van der Waals surface area contributed by atoms with Gasteiger partial charge in [-0.15, -0.1) is 0 Å². The second kappa shape index (κ2) is 12.8. The summed E-state index contributed by atoms with van der Waals surface area (Å²) in [6, 6.07) is 3.39. The third-order valence-electron chi connectivity index (χ3n) is 3.80. The fourth-order valence-electron chi connectivity index (χ4n) is 2.28. The van der Waals surface area contributed by atoms with E-state index in [1.807, 2.05) is 0 Å². The molecular formula is C23H20Cl2F2N2O7. The Kier molecular flexibility index (Phi) is 10.1. The molecule has 0 radical (unpaired) electrons. The van der Waals surface area contributed by atoms with Crippen molar-refractivity contribution >= 4 is 52.9 Å². The highest BCUT2D eigenvalue weighted by Gasteiger charge is 2.19. The Hall–Kier alpha value is -3.83. The Morgan fingerprint density at radius 2 is 1.14 bits per heavy atom. The Labute approximate surface area is 214 Å². The van der Waals surface area contributed by atoms with Crippen LogP contribution in [0.4, 0.5) is 34.5 Å². The lowest BCUT2D eigenvalue weighted by Gasteiger charge is -2.13. The molecule has 13 heteroatoms. The highest BCUT2D eigenvalue weighted by molar-refractivity contribution is 6.32. The van der Waals surface area contributed by atoms with E-state index in [-0.39, 0.29) is 23.3 Å². The van der Waals surface area contributed by atoms with Gasteiger partial charge in [-0.05, 0) is 37.1 Å². The van der Waals surface area contributed by atoms with Crippen LogP contribution in [0.3, 0.4) is 0 Å². The quantitative estimate of drug-likeness (QED) is 0.207. The number of amides is 2. The van der Waals surface area contributed by atoms with Crippen LogP contribution in [0, 0.1) is 11.6 Å². The fraction of sp³-hybridized carbons (Fsp3) is 0.174. The van der Waals surface area contributed by atoms with E-state index in [0.717, 1.165) is 24.3 Å².